The van der Waals surface area contributed by atoms with Crippen molar-refractivity contribution in [2.24, 2.45) is 0 Å². The quantitative estimate of drug-likeness (QED) is 0.672. The van der Waals surface area contributed by atoms with Gasteiger partial charge < -0.3 is 11.1 Å². The molecular weight excluding hydrogens is 286 g/mol. The highest BCUT2D eigenvalue weighted by atomic mass is 32.1. The van der Waals surface area contributed by atoms with Crippen LogP contribution >= 0.6 is 11.3 Å². The molecular formula is C15H17N3O2S. The first-order valence-corrected chi connectivity index (χ1v) is 7.32. The van der Waals surface area contributed by atoms with E-state index in [0.717, 1.165) is 5.56 Å². The summed E-state index contributed by atoms with van der Waals surface area (Å²) in [5.41, 5.74) is 6.81. The van der Waals surface area contributed by atoms with Crippen molar-refractivity contribution in [3.05, 3.63) is 40.9 Å². The molecule has 110 valence electrons. The van der Waals surface area contributed by atoms with Gasteiger partial charge in [-0.05, 0) is 31.5 Å². The molecule has 0 unspecified atom stereocenters. The maximum Gasteiger partial charge on any atom is 0.236 e. The zero-order chi connectivity index (χ0) is 15.6. The molecule has 3 N–H and O–H groups in total. The topological polar surface area (TPSA) is 85.1 Å². The predicted octanol–water partition coefficient (Wildman–Crippen LogP) is 2.84. The van der Waals surface area contributed by atoms with Crippen LogP contribution in [0.5, 0.6) is 0 Å². The first-order chi connectivity index (χ1) is 9.80. The Balaban J connectivity index is 2.17. The first kappa shape index (κ1) is 15.2. The van der Waals surface area contributed by atoms with E-state index in [1.165, 1.54) is 18.3 Å². The number of benzene rings is 1. The van der Waals surface area contributed by atoms with Crippen LogP contribution in [0.4, 0.5) is 10.8 Å². The third-order valence-corrected chi connectivity index (χ3v) is 4.04. The molecule has 0 radical (unpaired) electrons. The number of thiazole rings is 1. The lowest BCUT2D eigenvalue weighted by atomic mass is 9.83. The van der Waals surface area contributed by atoms with Crippen LogP contribution in [-0.4, -0.2) is 16.7 Å². The van der Waals surface area contributed by atoms with Crippen molar-refractivity contribution >= 4 is 33.8 Å². The van der Waals surface area contributed by atoms with Crippen molar-refractivity contribution in [2.45, 2.75) is 26.2 Å². The Hall–Kier alpha value is -2.21. The maximum absolute atomic E-state index is 12.4. The molecule has 21 heavy (non-hydrogen) atoms. The summed E-state index contributed by atoms with van der Waals surface area (Å²) in [6.45, 7) is 5.10. The third-order valence-electron chi connectivity index (χ3n) is 3.29. The second kappa shape index (κ2) is 5.65. The van der Waals surface area contributed by atoms with Crippen LogP contribution in [0.1, 0.15) is 36.8 Å². The number of nitrogen functional groups attached to an aromatic ring is 1. The first-order valence-electron chi connectivity index (χ1n) is 6.44. The van der Waals surface area contributed by atoms with Gasteiger partial charge in [0.25, 0.3) is 0 Å². The molecule has 0 aliphatic rings. The fourth-order valence-electron chi connectivity index (χ4n) is 1.78. The molecule has 1 aromatic heterocycles. The number of nitrogens with zero attached hydrogens (tertiary/aromatic N) is 1. The van der Waals surface area contributed by atoms with Crippen molar-refractivity contribution in [1.29, 1.82) is 0 Å². The zero-order valence-electron chi connectivity index (χ0n) is 12.1. The van der Waals surface area contributed by atoms with Gasteiger partial charge in [-0.1, -0.05) is 12.1 Å². The van der Waals surface area contributed by atoms with Crippen LogP contribution in [0, 0.1) is 0 Å². The lowest BCUT2D eigenvalue weighted by Gasteiger charge is -2.23. The number of ketones is 1. The largest absolute Gasteiger partial charge is 0.399 e. The van der Waals surface area contributed by atoms with Gasteiger partial charge in [0.15, 0.2) is 10.9 Å². The summed E-state index contributed by atoms with van der Waals surface area (Å²) in [6.07, 6.45) is 0. The number of hydrogen-bond donors (Lipinski definition) is 2. The molecule has 2 rings (SSSR count). The van der Waals surface area contributed by atoms with Crippen molar-refractivity contribution < 1.29 is 9.59 Å². The zero-order valence-corrected chi connectivity index (χ0v) is 13.0. The molecule has 1 amide bonds. The van der Waals surface area contributed by atoms with Gasteiger partial charge in [-0.3, -0.25) is 9.59 Å². The molecule has 2 aromatic rings. The van der Waals surface area contributed by atoms with Crippen LogP contribution < -0.4 is 11.1 Å². The molecule has 5 nitrogen and oxygen atoms in total. The molecule has 1 heterocycles. The Morgan fingerprint density at radius 1 is 1.24 bits per heavy atom. The summed E-state index contributed by atoms with van der Waals surface area (Å²) in [6, 6.07) is 7.19. The monoisotopic (exact) mass is 303 g/mol. The number of aromatic nitrogens is 1. The fraction of sp³-hybridized carbons (Fsp3) is 0.267. The molecule has 0 saturated carbocycles. The van der Waals surface area contributed by atoms with Crippen LogP contribution in [0.25, 0.3) is 0 Å². The molecule has 1 aromatic carbocycles. The predicted molar refractivity (Wildman–Crippen MR) is 84.6 cm³/mol. The molecule has 0 atom stereocenters. The van der Waals surface area contributed by atoms with E-state index in [1.807, 2.05) is 26.0 Å². The highest BCUT2D eigenvalue weighted by Crippen LogP contribution is 2.26. The van der Waals surface area contributed by atoms with Gasteiger partial charge in [0.2, 0.25) is 5.91 Å². The van der Waals surface area contributed by atoms with E-state index in [4.69, 9.17) is 5.73 Å². The van der Waals surface area contributed by atoms with Gasteiger partial charge in [0.05, 0.1) is 5.41 Å². The number of Topliss-reactive ketones (excluding diaryl/α,β-unsaturated/α-hetero) is 1. The van der Waals surface area contributed by atoms with E-state index < -0.39 is 5.41 Å². The van der Waals surface area contributed by atoms with E-state index in [0.29, 0.717) is 16.5 Å². The standard InChI is InChI=1S/C15H17N3O2S/c1-9(19)12-8-21-14(17-12)18-13(20)15(2,3)10-4-6-11(16)7-5-10/h4-8H,16H2,1-3H3,(H,17,18,20). The summed E-state index contributed by atoms with van der Waals surface area (Å²) < 4.78 is 0. The smallest absolute Gasteiger partial charge is 0.236 e. The number of anilines is 2. The Kier molecular flexibility index (Phi) is 4.09. The summed E-state index contributed by atoms with van der Waals surface area (Å²) in [4.78, 5) is 27.7. The number of rotatable bonds is 4. The van der Waals surface area contributed by atoms with Gasteiger partial charge in [0.1, 0.15) is 5.69 Å². The second-order valence-electron chi connectivity index (χ2n) is 5.30. The van der Waals surface area contributed by atoms with Gasteiger partial charge >= 0.3 is 0 Å². The molecule has 0 spiro atoms. The minimum Gasteiger partial charge on any atom is -0.399 e. The minimum atomic E-state index is -0.726. The number of nitrogens with two attached hydrogens (primary N) is 1. The highest BCUT2D eigenvalue weighted by Gasteiger charge is 2.30. The maximum atomic E-state index is 12.4. The van der Waals surface area contributed by atoms with Gasteiger partial charge in [-0.2, -0.15) is 0 Å². The van der Waals surface area contributed by atoms with Crippen molar-refractivity contribution in [3.63, 3.8) is 0 Å². The summed E-state index contributed by atoms with van der Waals surface area (Å²) in [5.74, 6) is -0.304. The van der Waals surface area contributed by atoms with E-state index in [1.54, 1.807) is 17.5 Å². The van der Waals surface area contributed by atoms with Crippen LogP contribution in [0.3, 0.4) is 0 Å². The van der Waals surface area contributed by atoms with Crippen LogP contribution in [0.15, 0.2) is 29.6 Å². The van der Waals surface area contributed by atoms with Gasteiger partial charge in [-0.15, -0.1) is 11.3 Å². The molecule has 0 saturated heterocycles. The Labute approximate surface area is 127 Å². The highest BCUT2D eigenvalue weighted by molar-refractivity contribution is 7.14. The molecule has 6 heteroatoms. The second-order valence-corrected chi connectivity index (χ2v) is 6.15. The van der Waals surface area contributed by atoms with E-state index in [9.17, 15) is 9.59 Å². The van der Waals surface area contributed by atoms with Gasteiger partial charge in [0, 0.05) is 18.0 Å². The molecule has 0 bridgehead atoms. The molecule has 0 aliphatic carbocycles. The Morgan fingerprint density at radius 2 is 1.86 bits per heavy atom. The van der Waals surface area contributed by atoms with Crippen LogP contribution in [-0.2, 0) is 10.2 Å². The lowest BCUT2D eigenvalue weighted by Crippen LogP contribution is -2.34. The normalized spacial score (nSPS) is 11.2. The summed E-state index contributed by atoms with van der Waals surface area (Å²) in [7, 11) is 0. The van der Waals surface area contributed by atoms with E-state index in [-0.39, 0.29) is 11.7 Å². The third kappa shape index (κ3) is 3.28. The molecule has 0 aliphatic heterocycles. The Bertz CT molecular complexity index is 674. The van der Waals surface area contributed by atoms with E-state index >= 15 is 0 Å². The SMILES string of the molecule is CC(=O)c1csc(NC(=O)C(C)(C)c2ccc(N)cc2)n1. The van der Waals surface area contributed by atoms with Gasteiger partial charge in [-0.25, -0.2) is 4.98 Å². The summed E-state index contributed by atoms with van der Waals surface area (Å²) >= 11 is 1.24. The fourth-order valence-corrected chi connectivity index (χ4v) is 2.52. The average molecular weight is 303 g/mol. The van der Waals surface area contributed by atoms with E-state index in [2.05, 4.69) is 10.3 Å². The minimum absolute atomic E-state index is 0.121. The number of amides is 1. The van der Waals surface area contributed by atoms with Crippen molar-refractivity contribution in [1.82, 2.24) is 4.98 Å². The molecule has 0 fully saturated rings. The summed E-state index contributed by atoms with van der Waals surface area (Å²) in [5, 5.41) is 4.81. The van der Waals surface area contributed by atoms with Crippen molar-refractivity contribution in [2.75, 3.05) is 11.1 Å². The number of nitrogens with one attached hydrogen (secondary N) is 1. The number of hydrogen-bond acceptors (Lipinski definition) is 5. The average Bonchev–Trinajstić information content (AvgIpc) is 2.88. The number of carbonyl (C=O) groups is 2. The van der Waals surface area contributed by atoms with Crippen molar-refractivity contribution in [3.8, 4) is 0 Å². The Morgan fingerprint density at radius 3 is 2.38 bits per heavy atom. The lowest BCUT2D eigenvalue weighted by molar-refractivity contribution is -0.120. The van der Waals surface area contributed by atoms with Crippen LogP contribution in [0.2, 0.25) is 0 Å². The number of carbonyl (C=O) groups excluding carboxylic acids is 2.